The second-order valence-electron chi connectivity index (χ2n) is 7.23. The summed E-state index contributed by atoms with van der Waals surface area (Å²) in [6, 6.07) is 0.612. The fourth-order valence-electron chi connectivity index (χ4n) is 3.27. The van der Waals surface area contributed by atoms with Gasteiger partial charge in [0.15, 0.2) is 6.17 Å². The normalized spacial score (nSPS) is 19.0. The Hall–Kier alpha value is -2.88. The Bertz CT molecular complexity index is 1080. The van der Waals surface area contributed by atoms with E-state index >= 15 is 0 Å². The van der Waals surface area contributed by atoms with Gasteiger partial charge in [0, 0.05) is 31.5 Å². The molecule has 1 N–H and O–H groups in total. The zero-order valence-electron chi connectivity index (χ0n) is 17.8. The van der Waals surface area contributed by atoms with Gasteiger partial charge < -0.3 is 19.7 Å². The van der Waals surface area contributed by atoms with Gasteiger partial charge in [-0.05, 0) is 0 Å². The van der Waals surface area contributed by atoms with E-state index in [2.05, 4.69) is 19.8 Å². The van der Waals surface area contributed by atoms with E-state index in [9.17, 15) is 40.3 Å². The van der Waals surface area contributed by atoms with Crippen LogP contribution in [0.5, 0.6) is 5.88 Å². The van der Waals surface area contributed by atoms with Crippen molar-refractivity contribution in [2.75, 3.05) is 33.4 Å². The van der Waals surface area contributed by atoms with Crippen LogP contribution < -0.4 is 10.1 Å². The SMILES string of the molecule is CNC(=O)c1csc2c(C(F)(F)F)cc(O[C@H]3CCN(C(=O)OCCOC(F)(F)F)C[C@H]3F)nc12. The summed E-state index contributed by atoms with van der Waals surface area (Å²) in [5.74, 6) is -1.22. The van der Waals surface area contributed by atoms with Gasteiger partial charge in [-0.3, -0.25) is 9.53 Å². The van der Waals surface area contributed by atoms with Crippen molar-refractivity contribution >= 4 is 33.6 Å². The maximum Gasteiger partial charge on any atom is 0.522 e. The highest BCUT2D eigenvalue weighted by Crippen LogP contribution is 2.40. The Labute approximate surface area is 196 Å². The third-order valence-electron chi connectivity index (χ3n) is 4.86. The number of nitrogens with zero attached hydrogens (tertiary/aromatic N) is 2. The summed E-state index contributed by atoms with van der Waals surface area (Å²) in [5, 5.41) is 3.52. The molecule has 0 unspecified atom stereocenters. The van der Waals surface area contributed by atoms with Gasteiger partial charge in [-0.25, -0.2) is 14.2 Å². The average molecular weight is 533 g/mol. The minimum Gasteiger partial charge on any atom is -0.471 e. The number of rotatable bonds is 6. The van der Waals surface area contributed by atoms with Crippen molar-refractivity contribution in [3.63, 3.8) is 0 Å². The zero-order chi connectivity index (χ0) is 26.0. The van der Waals surface area contributed by atoms with Gasteiger partial charge in [0.1, 0.15) is 12.7 Å². The third-order valence-corrected chi connectivity index (χ3v) is 5.87. The molecule has 3 rings (SSSR count). The molecule has 1 saturated heterocycles. The number of carbonyl (C=O) groups excluding carboxylic acids is 2. The Kier molecular flexibility index (Phi) is 7.93. The molecule has 3 heterocycles. The molecule has 35 heavy (non-hydrogen) atoms. The molecule has 2 amide bonds. The van der Waals surface area contributed by atoms with Crippen LogP contribution >= 0.6 is 11.3 Å². The number of hydrogen-bond acceptors (Lipinski definition) is 7. The number of aromatic nitrogens is 1. The number of nitrogens with one attached hydrogen (secondary N) is 1. The van der Waals surface area contributed by atoms with Gasteiger partial charge in [0.05, 0.1) is 34.5 Å². The first-order valence-corrected chi connectivity index (χ1v) is 10.8. The highest BCUT2D eigenvalue weighted by Gasteiger charge is 2.38. The van der Waals surface area contributed by atoms with Crippen LogP contribution in [0.1, 0.15) is 22.3 Å². The summed E-state index contributed by atoms with van der Waals surface area (Å²) < 4.78 is 104. The van der Waals surface area contributed by atoms with E-state index in [4.69, 9.17) is 4.74 Å². The van der Waals surface area contributed by atoms with Gasteiger partial charge in [-0.1, -0.05) is 0 Å². The van der Waals surface area contributed by atoms with Crippen molar-refractivity contribution in [3.8, 4) is 5.88 Å². The zero-order valence-corrected chi connectivity index (χ0v) is 18.7. The number of thiophene rings is 1. The maximum atomic E-state index is 14.7. The van der Waals surface area contributed by atoms with E-state index in [0.717, 1.165) is 4.90 Å². The van der Waals surface area contributed by atoms with Crippen LogP contribution in [0.2, 0.25) is 0 Å². The van der Waals surface area contributed by atoms with Gasteiger partial charge >= 0.3 is 18.6 Å². The van der Waals surface area contributed by atoms with Gasteiger partial charge in [-0.15, -0.1) is 24.5 Å². The third kappa shape index (κ3) is 6.62. The molecule has 0 aromatic carbocycles. The lowest BCUT2D eigenvalue weighted by atomic mass is 10.1. The number of pyridine rings is 1. The number of fused-ring (bicyclic) bond motifs is 1. The molecule has 0 aliphatic carbocycles. The van der Waals surface area contributed by atoms with E-state index in [0.29, 0.717) is 17.4 Å². The van der Waals surface area contributed by atoms with Crippen LogP contribution in [-0.4, -0.2) is 73.9 Å². The second-order valence-corrected chi connectivity index (χ2v) is 8.11. The van der Waals surface area contributed by atoms with Gasteiger partial charge in [0.2, 0.25) is 5.88 Å². The maximum absolute atomic E-state index is 14.7. The number of amides is 2. The fraction of sp³-hybridized carbons (Fsp3) is 0.526. The van der Waals surface area contributed by atoms with E-state index in [1.807, 2.05) is 0 Å². The molecular weight excluding hydrogens is 515 g/mol. The highest BCUT2D eigenvalue weighted by atomic mass is 32.1. The Balaban J connectivity index is 1.69. The molecule has 2 atom stereocenters. The van der Waals surface area contributed by atoms with Crippen molar-refractivity contribution in [1.82, 2.24) is 15.2 Å². The molecule has 194 valence electrons. The standard InChI is InChI=1S/C19H18F7N3O5S/c1-27-16(30)9-8-35-15-10(18(21,22)23)6-13(28-14(9)15)34-12-2-3-29(7-11(12)20)17(31)32-4-5-33-19(24,25)26/h6,8,11-12H,2-5,7H2,1H3,(H,27,30)/t11-,12+/m1/s1. The molecule has 2 aromatic heterocycles. The average Bonchev–Trinajstić information content (AvgIpc) is 3.19. The van der Waals surface area contributed by atoms with Crippen molar-refractivity contribution in [1.29, 1.82) is 0 Å². The van der Waals surface area contributed by atoms with Crippen molar-refractivity contribution in [2.45, 2.75) is 31.2 Å². The molecule has 1 aliphatic rings. The second kappa shape index (κ2) is 10.4. The van der Waals surface area contributed by atoms with Crippen LogP contribution in [0.25, 0.3) is 10.2 Å². The predicted molar refractivity (Wildman–Crippen MR) is 107 cm³/mol. The Morgan fingerprint density at radius 2 is 1.94 bits per heavy atom. The van der Waals surface area contributed by atoms with Crippen molar-refractivity contribution < 1.29 is 54.5 Å². The summed E-state index contributed by atoms with van der Waals surface area (Å²) in [5.41, 5.74) is -1.46. The molecule has 0 radical (unpaired) electrons. The molecule has 1 fully saturated rings. The summed E-state index contributed by atoms with van der Waals surface area (Å²) in [6.07, 6.45) is -14.1. The number of ether oxygens (including phenoxy) is 3. The lowest BCUT2D eigenvalue weighted by Gasteiger charge is -2.33. The molecule has 1 aliphatic heterocycles. The highest BCUT2D eigenvalue weighted by molar-refractivity contribution is 7.17. The summed E-state index contributed by atoms with van der Waals surface area (Å²) in [6.45, 7) is -2.37. The number of likely N-dealkylation sites (tertiary alicyclic amines) is 1. The number of piperidine rings is 1. The molecular formula is C19H18F7N3O5S. The fourth-order valence-corrected chi connectivity index (χ4v) is 4.29. The van der Waals surface area contributed by atoms with Gasteiger partial charge in [-0.2, -0.15) is 13.2 Å². The summed E-state index contributed by atoms with van der Waals surface area (Å²) in [4.78, 5) is 28.8. The molecule has 16 heteroatoms. The number of halogens is 7. The Morgan fingerprint density at radius 3 is 2.54 bits per heavy atom. The topological polar surface area (TPSA) is 90.0 Å². The first kappa shape index (κ1) is 26.7. The minimum absolute atomic E-state index is 0.104. The lowest BCUT2D eigenvalue weighted by Crippen LogP contribution is -2.49. The van der Waals surface area contributed by atoms with Crippen LogP contribution in [0.15, 0.2) is 11.4 Å². The van der Waals surface area contributed by atoms with E-state index < -0.39 is 68.0 Å². The number of alkyl halides is 7. The lowest BCUT2D eigenvalue weighted by molar-refractivity contribution is -0.326. The molecule has 0 bridgehead atoms. The first-order valence-electron chi connectivity index (χ1n) is 9.94. The summed E-state index contributed by atoms with van der Waals surface area (Å²) >= 11 is 0.677. The molecule has 0 spiro atoms. The smallest absolute Gasteiger partial charge is 0.471 e. The van der Waals surface area contributed by atoms with E-state index in [-0.39, 0.29) is 28.7 Å². The monoisotopic (exact) mass is 533 g/mol. The quantitative estimate of drug-likeness (QED) is 0.444. The summed E-state index contributed by atoms with van der Waals surface area (Å²) in [7, 11) is 1.30. The van der Waals surface area contributed by atoms with E-state index in [1.54, 1.807) is 0 Å². The van der Waals surface area contributed by atoms with Gasteiger partial charge in [0.25, 0.3) is 5.91 Å². The number of carbonyl (C=O) groups is 2. The van der Waals surface area contributed by atoms with E-state index in [1.165, 1.54) is 12.4 Å². The molecule has 0 saturated carbocycles. The van der Waals surface area contributed by atoms with Crippen LogP contribution in [0.3, 0.4) is 0 Å². The molecule has 2 aromatic rings. The Morgan fingerprint density at radius 1 is 1.23 bits per heavy atom. The van der Waals surface area contributed by atoms with Crippen molar-refractivity contribution in [2.24, 2.45) is 0 Å². The van der Waals surface area contributed by atoms with Crippen LogP contribution in [-0.2, 0) is 15.7 Å². The molecule has 8 nitrogen and oxygen atoms in total. The minimum atomic E-state index is -4.89. The predicted octanol–water partition coefficient (Wildman–Crippen LogP) is 4.14. The first-order chi connectivity index (χ1) is 16.3. The van der Waals surface area contributed by atoms with Crippen LogP contribution in [0.4, 0.5) is 35.5 Å². The van der Waals surface area contributed by atoms with Crippen LogP contribution in [0, 0.1) is 0 Å². The van der Waals surface area contributed by atoms with Crippen molar-refractivity contribution in [3.05, 3.63) is 22.6 Å². The largest absolute Gasteiger partial charge is 0.522 e. The number of hydrogen-bond donors (Lipinski definition) is 1.